The number of carbonyl (C=O) groups excluding carboxylic acids is 1. The summed E-state index contributed by atoms with van der Waals surface area (Å²) in [6.07, 6.45) is 2.21. The first-order valence-electron chi connectivity index (χ1n) is 9.96. The van der Waals surface area contributed by atoms with E-state index in [1.165, 1.54) is 22.0 Å². The zero-order valence-corrected chi connectivity index (χ0v) is 17.6. The largest absolute Gasteiger partial charge is 0.349 e. The van der Waals surface area contributed by atoms with Gasteiger partial charge in [0.25, 0.3) is 0 Å². The van der Waals surface area contributed by atoms with Crippen LogP contribution in [0.4, 0.5) is 4.39 Å². The van der Waals surface area contributed by atoms with Gasteiger partial charge in [-0.1, -0.05) is 31.2 Å². The first-order chi connectivity index (χ1) is 13.8. The van der Waals surface area contributed by atoms with Gasteiger partial charge >= 0.3 is 0 Å². The molecule has 2 aromatic carbocycles. The Hall–Kier alpha value is -2.25. The number of rotatable bonds is 6. The highest BCUT2D eigenvalue weighted by Gasteiger charge is 2.33. The highest BCUT2D eigenvalue weighted by atomic mass is 32.2. The van der Waals surface area contributed by atoms with Gasteiger partial charge in [-0.2, -0.15) is 4.31 Å². The number of sulfonamides is 1. The summed E-state index contributed by atoms with van der Waals surface area (Å²) in [7, 11) is -3.75. The first kappa shape index (κ1) is 21.5. The lowest BCUT2D eigenvalue weighted by Crippen LogP contribution is -2.45. The van der Waals surface area contributed by atoms with Crippen LogP contribution < -0.4 is 5.32 Å². The van der Waals surface area contributed by atoms with Crippen molar-refractivity contribution in [3.8, 4) is 0 Å². The van der Waals surface area contributed by atoms with Crippen molar-refractivity contribution in [2.75, 3.05) is 13.1 Å². The molecule has 1 heterocycles. The molecule has 1 fully saturated rings. The molecule has 29 heavy (non-hydrogen) atoms. The third-order valence-corrected chi connectivity index (χ3v) is 7.33. The van der Waals surface area contributed by atoms with Gasteiger partial charge in [-0.25, -0.2) is 12.8 Å². The Morgan fingerprint density at radius 1 is 1.17 bits per heavy atom. The number of carbonyl (C=O) groups is 1. The lowest BCUT2D eigenvalue weighted by atomic mass is 9.97. The minimum absolute atomic E-state index is 0.0457. The van der Waals surface area contributed by atoms with E-state index in [4.69, 9.17) is 0 Å². The summed E-state index contributed by atoms with van der Waals surface area (Å²) >= 11 is 0. The van der Waals surface area contributed by atoms with Gasteiger partial charge < -0.3 is 5.32 Å². The number of nitrogens with zero attached hydrogens (tertiary/aromatic N) is 1. The van der Waals surface area contributed by atoms with E-state index < -0.39 is 21.8 Å². The van der Waals surface area contributed by atoms with Crippen molar-refractivity contribution in [3.05, 3.63) is 65.5 Å². The molecule has 0 radical (unpaired) electrons. The third-order valence-electron chi connectivity index (χ3n) is 5.45. The number of benzene rings is 2. The molecule has 2 atom stereocenters. The van der Waals surface area contributed by atoms with Crippen molar-refractivity contribution < 1.29 is 17.6 Å². The minimum Gasteiger partial charge on any atom is -0.349 e. The molecule has 0 aliphatic carbocycles. The van der Waals surface area contributed by atoms with Crippen LogP contribution in [-0.4, -0.2) is 31.7 Å². The number of nitrogens with one attached hydrogen (secondary N) is 1. The SMILES string of the molecule is CCc1ccc([C@H](C)NC(=O)[C@H]2CCCN(S(=O)(=O)c3ccc(F)cc3)C2)cc1. The van der Waals surface area contributed by atoms with Gasteiger partial charge in [0, 0.05) is 13.1 Å². The maximum absolute atomic E-state index is 13.1. The van der Waals surface area contributed by atoms with Crippen molar-refractivity contribution in [3.63, 3.8) is 0 Å². The van der Waals surface area contributed by atoms with Gasteiger partial charge in [0.05, 0.1) is 16.9 Å². The van der Waals surface area contributed by atoms with Crippen LogP contribution in [0.5, 0.6) is 0 Å². The maximum atomic E-state index is 13.1. The molecule has 1 aliphatic heterocycles. The van der Waals surface area contributed by atoms with Crippen LogP contribution in [-0.2, 0) is 21.2 Å². The van der Waals surface area contributed by atoms with E-state index in [2.05, 4.69) is 24.4 Å². The molecular formula is C22H27FN2O3S. The molecule has 0 saturated carbocycles. The summed E-state index contributed by atoms with van der Waals surface area (Å²) in [6, 6.07) is 12.8. The number of halogens is 1. The average Bonchev–Trinajstić information content (AvgIpc) is 2.74. The molecule has 7 heteroatoms. The van der Waals surface area contributed by atoms with Crippen LogP contribution in [0.2, 0.25) is 0 Å². The number of amides is 1. The van der Waals surface area contributed by atoms with E-state index in [1.807, 2.05) is 19.1 Å². The smallest absolute Gasteiger partial charge is 0.243 e. The Bertz CT molecular complexity index is 943. The van der Waals surface area contributed by atoms with E-state index in [9.17, 15) is 17.6 Å². The molecule has 0 bridgehead atoms. The molecule has 1 N–H and O–H groups in total. The van der Waals surface area contributed by atoms with Crippen molar-refractivity contribution >= 4 is 15.9 Å². The molecule has 1 aliphatic rings. The summed E-state index contributed by atoms with van der Waals surface area (Å²) in [4.78, 5) is 12.8. The lowest BCUT2D eigenvalue weighted by molar-refractivity contribution is -0.126. The second-order valence-corrected chi connectivity index (χ2v) is 9.42. The summed E-state index contributed by atoms with van der Waals surface area (Å²) in [6.45, 7) is 4.51. The lowest BCUT2D eigenvalue weighted by Gasteiger charge is -2.32. The number of piperidine rings is 1. The summed E-state index contributed by atoms with van der Waals surface area (Å²) in [5.41, 5.74) is 2.25. The number of hydrogen-bond donors (Lipinski definition) is 1. The fourth-order valence-corrected chi connectivity index (χ4v) is 5.11. The second-order valence-electron chi connectivity index (χ2n) is 7.48. The molecule has 0 spiro atoms. The molecule has 156 valence electrons. The molecular weight excluding hydrogens is 391 g/mol. The molecule has 0 unspecified atom stereocenters. The second kappa shape index (κ2) is 9.05. The topological polar surface area (TPSA) is 66.5 Å². The van der Waals surface area contributed by atoms with Crippen LogP contribution >= 0.6 is 0 Å². The summed E-state index contributed by atoms with van der Waals surface area (Å²) < 4.78 is 40.1. The Morgan fingerprint density at radius 2 is 1.83 bits per heavy atom. The van der Waals surface area contributed by atoms with E-state index in [0.717, 1.165) is 24.1 Å². The van der Waals surface area contributed by atoms with E-state index in [0.29, 0.717) is 19.4 Å². The standard InChI is InChI=1S/C22H27FN2O3S/c1-3-17-6-8-18(9-7-17)16(2)24-22(26)19-5-4-14-25(15-19)29(27,28)21-12-10-20(23)11-13-21/h6-13,16,19H,3-5,14-15H2,1-2H3,(H,24,26)/t16-,19-/m0/s1. The van der Waals surface area contributed by atoms with Gasteiger partial charge in [0.1, 0.15) is 5.82 Å². The van der Waals surface area contributed by atoms with Crippen LogP contribution in [0.1, 0.15) is 43.9 Å². The Balaban J connectivity index is 1.66. The van der Waals surface area contributed by atoms with Crippen LogP contribution in [0, 0.1) is 11.7 Å². The van der Waals surface area contributed by atoms with E-state index in [1.54, 1.807) is 0 Å². The average molecular weight is 419 g/mol. The Morgan fingerprint density at radius 3 is 2.45 bits per heavy atom. The minimum atomic E-state index is -3.75. The molecule has 1 amide bonds. The van der Waals surface area contributed by atoms with Gasteiger partial charge in [-0.05, 0) is 61.6 Å². The fraction of sp³-hybridized carbons (Fsp3) is 0.409. The van der Waals surface area contributed by atoms with Crippen LogP contribution in [0.3, 0.4) is 0 Å². The van der Waals surface area contributed by atoms with E-state index >= 15 is 0 Å². The Kier molecular flexibility index (Phi) is 6.70. The Labute approximate surface area is 172 Å². The van der Waals surface area contributed by atoms with Crippen LogP contribution in [0.15, 0.2) is 53.4 Å². The van der Waals surface area contributed by atoms with Crippen molar-refractivity contribution in [2.45, 2.75) is 44.0 Å². The number of hydrogen-bond acceptors (Lipinski definition) is 3. The van der Waals surface area contributed by atoms with Crippen molar-refractivity contribution in [1.29, 1.82) is 0 Å². The predicted octanol–water partition coefficient (Wildman–Crippen LogP) is 3.67. The highest BCUT2D eigenvalue weighted by Crippen LogP contribution is 2.25. The summed E-state index contributed by atoms with van der Waals surface area (Å²) in [5.74, 6) is -1.03. The highest BCUT2D eigenvalue weighted by molar-refractivity contribution is 7.89. The summed E-state index contributed by atoms with van der Waals surface area (Å²) in [5, 5.41) is 3.01. The van der Waals surface area contributed by atoms with Gasteiger partial charge in [-0.3, -0.25) is 4.79 Å². The molecule has 2 aromatic rings. The predicted molar refractivity (Wildman–Crippen MR) is 110 cm³/mol. The molecule has 5 nitrogen and oxygen atoms in total. The van der Waals surface area contributed by atoms with Gasteiger partial charge in [0.2, 0.25) is 15.9 Å². The zero-order valence-electron chi connectivity index (χ0n) is 16.8. The molecule has 3 rings (SSSR count). The monoisotopic (exact) mass is 418 g/mol. The first-order valence-corrected chi connectivity index (χ1v) is 11.4. The zero-order chi connectivity index (χ0) is 21.0. The van der Waals surface area contributed by atoms with Gasteiger partial charge in [0.15, 0.2) is 0 Å². The molecule has 0 aromatic heterocycles. The fourth-order valence-electron chi connectivity index (χ4n) is 3.59. The third kappa shape index (κ3) is 5.03. The van der Waals surface area contributed by atoms with Crippen molar-refractivity contribution in [2.24, 2.45) is 5.92 Å². The quantitative estimate of drug-likeness (QED) is 0.778. The van der Waals surface area contributed by atoms with Crippen molar-refractivity contribution in [1.82, 2.24) is 9.62 Å². The maximum Gasteiger partial charge on any atom is 0.243 e. The normalized spacial score (nSPS) is 18.9. The van der Waals surface area contributed by atoms with Crippen LogP contribution in [0.25, 0.3) is 0 Å². The molecule has 1 saturated heterocycles. The van der Waals surface area contributed by atoms with Gasteiger partial charge in [-0.15, -0.1) is 0 Å². The number of aryl methyl sites for hydroxylation is 1. The van der Waals surface area contributed by atoms with E-state index in [-0.39, 0.29) is 23.4 Å².